The highest BCUT2D eigenvalue weighted by Crippen LogP contribution is 2.23. The smallest absolute Gasteiger partial charge is 0.111 e. The van der Waals surface area contributed by atoms with Crippen molar-refractivity contribution < 1.29 is 0 Å². The number of rotatable bonds is 5. The largest absolute Gasteiger partial charge is 0.333 e. The number of aromatic nitrogens is 2. The highest BCUT2D eigenvalue weighted by atomic mass is 15.1. The van der Waals surface area contributed by atoms with Crippen molar-refractivity contribution in [3.63, 3.8) is 0 Å². The van der Waals surface area contributed by atoms with Crippen molar-refractivity contribution in [2.24, 2.45) is 5.92 Å². The molecule has 102 valence electrons. The average Bonchev–Trinajstić information content (AvgIpc) is 2.80. The molecule has 1 saturated carbocycles. The Morgan fingerprint density at radius 1 is 1.33 bits per heavy atom. The number of nitrogens with one attached hydrogen (secondary N) is 1. The molecule has 18 heavy (non-hydrogen) atoms. The van der Waals surface area contributed by atoms with Crippen LogP contribution in [-0.4, -0.2) is 22.1 Å². The minimum Gasteiger partial charge on any atom is -0.333 e. The molecule has 1 fully saturated rings. The van der Waals surface area contributed by atoms with Crippen LogP contribution in [0.25, 0.3) is 0 Å². The molecule has 3 heteroatoms. The lowest BCUT2D eigenvalue weighted by Crippen LogP contribution is -2.35. The minimum atomic E-state index is 0.510. The van der Waals surface area contributed by atoms with Crippen molar-refractivity contribution in [1.82, 2.24) is 14.9 Å². The maximum absolute atomic E-state index is 4.43. The summed E-state index contributed by atoms with van der Waals surface area (Å²) in [6.07, 6.45) is 9.49. The lowest BCUT2D eigenvalue weighted by molar-refractivity contribution is 0.305. The van der Waals surface area contributed by atoms with E-state index < -0.39 is 0 Å². The fourth-order valence-electron chi connectivity index (χ4n) is 2.86. The van der Waals surface area contributed by atoms with Crippen molar-refractivity contribution in [2.45, 2.75) is 65.0 Å². The van der Waals surface area contributed by atoms with E-state index in [-0.39, 0.29) is 0 Å². The van der Waals surface area contributed by atoms with Crippen LogP contribution in [0.5, 0.6) is 0 Å². The quantitative estimate of drug-likeness (QED) is 0.868. The van der Waals surface area contributed by atoms with Crippen molar-refractivity contribution >= 4 is 0 Å². The summed E-state index contributed by atoms with van der Waals surface area (Å²) in [6.45, 7) is 8.88. The predicted molar refractivity (Wildman–Crippen MR) is 75.7 cm³/mol. The van der Waals surface area contributed by atoms with E-state index in [0.29, 0.717) is 5.92 Å². The molecule has 3 nitrogen and oxygen atoms in total. The summed E-state index contributed by atoms with van der Waals surface area (Å²) in [7, 11) is 0. The van der Waals surface area contributed by atoms with E-state index in [1.54, 1.807) is 0 Å². The van der Waals surface area contributed by atoms with Gasteiger partial charge in [0.1, 0.15) is 5.82 Å². The van der Waals surface area contributed by atoms with Gasteiger partial charge in [-0.3, -0.25) is 0 Å². The van der Waals surface area contributed by atoms with Crippen molar-refractivity contribution in [1.29, 1.82) is 0 Å². The molecule has 0 bridgehead atoms. The summed E-state index contributed by atoms with van der Waals surface area (Å²) in [5, 5.41) is 3.70. The third-order valence-electron chi connectivity index (χ3n) is 4.07. The zero-order valence-corrected chi connectivity index (χ0v) is 12.0. The van der Waals surface area contributed by atoms with Gasteiger partial charge >= 0.3 is 0 Å². The summed E-state index contributed by atoms with van der Waals surface area (Å²) in [4.78, 5) is 4.43. The Bertz CT molecular complexity index is 348. The maximum Gasteiger partial charge on any atom is 0.111 e. The second-order valence-corrected chi connectivity index (χ2v) is 6.04. The molecule has 0 amide bonds. The molecule has 0 aliphatic heterocycles. The van der Waals surface area contributed by atoms with Gasteiger partial charge in [-0.15, -0.1) is 0 Å². The van der Waals surface area contributed by atoms with E-state index in [4.69, 9.17) is 0 Å². The molecular formula is C15H27N3. The fourth-order valence-corrected chi connectivity index (χ4v) is 2.86. The molecular weight excluding hydrogens is 222 g/mol. The molecule has 2 rings (SSSR count). The van der Waals surface area contributed by atoms with Crippen LogP contribution in [0.15, 0.2) is 12.4 Å². The predicted octanol–water partition coefficient (Wildman–Crippen LogP) is 3.17. The van der Waals surface area contributed by atoms with Crippen LogP contribution in [-0.2, 0) is 6.54 Å². The van der Waals surface area contributed by atoms with Crippen LogP contribution in [0.4, 0.5) is 0 Å². The van der Waals surface area contributed by atoms with Crippen LogP contribution in [0.2, 0.25) is 0 Å². The van der Waals surface area contributed by atoms with E-state index in [1.807, 2.05) is 6.20 Å². The number of hydrogen-bond donors (Lipinski definition) is 1. The topological polar surface area (TPSA) is 29.9 Å². The van der Waals surface area contributed by atoms with Crippen molar-refractivity contribution in [2.75, 3.05) is 6.54 Å². The minimum absolute atomic E-state index is 0.510. The van der Waals surface area contributed by atoms with Gasteiger partial charge < -0.3 is 9.88 Å². The van der Waals surface area contributed by atoms with Gasteiger partial charge in [0, 0.05) is 37.4 Å². The van der Waals surface area contributed by atoms with Gasteiger partial charge in [-0.2, -0.15) is 0 Å². The summed E-state index contributed by atoms with van der Waals surface area (Å²) in [5.41, 5.74) is 0. The summed E-state index contributed by atoms with van der Waals surface area (Å²) in [5.74, 6) is 2.65. The fraction of sp³-hybridized carbons (Fsp3) is 0.800. The molecule has 0 radical (unpaired) electrons. The van der Waals surface area contributed by atoms with Crippen LogP contribution >= 0.6 is 0 Å². The van der Waals surface area contributed by atoms with Crippen LogP contribution in [0, 0.1) is 5.92 Å². The Morgan fingerprint density at radius 2 is 2.06 bits per heavy atom. The molecule has 0 atom stereocenters. The van der Waals surface area contributed by atoms with E-state index >= 15 is 0 Å². The van der Waals surface area contributed by atoms with Gasteiger partial charge in [0.05, 0.1) is 0 Å². The number of imidazole rings is 1. The molecule has 1 aliphatic rings. The highest BCUT2D eigenvalue weighted by molar-refractivity contribution is 4.97. The first-order chi connectivity index (χ1) is 8.66. The molecule has 1 aromatic heterocycles. The van der Waals surface area contributed by atoms with Crippen LogP contribution < -0.4 is 5.32 Å². The summed E-state index contributed by atoms with van der Waals surface area (Å²) in [6, 6.07) is 0.743. The van der Waals surface area contributed by atoms with E-state index in [9.17, 15) is 0 Å². The molecule has 1 aromatic rings. The normalized spacial score (nSPS) is 24.7. The molecule has 1 N–H and O–H groups in total. The second-order valence-electron chi connectivity index (χ2n) is 6.04. The van der Waals surface area contributed by atoms with Gasteiger partial charge in [0.15, 0.2) is 0 Å². The van der Waals surface area contributed by atoms with Crippen molar-refractivity contribution in [3.8, 4) is 0 Å². The van der Waals surface area contributed by atoms with Gasteiger partial charge in [-0.1, -0.05) is 20.8 Å². The van der Waals surface area contributed by atoms with Crippen molar-refractivity contribution in [3.05, 3.63) is 18.2 Å². The standard InChI is InChI=1S/C15H27N3/c1-12(2)15-17-9-11-18(15)10-8-16-14-6-4-13(3)5-7-14/h9,11-14,16H,4-8,10H2,1-3H3. The second kappa shape index (κ2) is 6.37. The first-order valence-corrected chi connectivity index (χ1v) is 7.41. The Labute approximate surface area is 111 Å². The summed E-state index contributed by atoms with van der Waals surface area (Å²) < 4.78 is 2.28. The molecule has 0 spiro atoms. The Kier molecular flexibility index (Phi) is 4.81. The zero-order valence-electron chi connectivity index (χ0n) is 12.0. The monoisotopic (exact) mass is 249 g/mol. The first-order valence-electron chi connectivity index (χ1n) is 7.41. The maximum atomic E-state index is 4.43. The zero-order chi connectivity index (χ0) is 13.0. The molecule has 0 unspecified atom stereocenters. The molecule has 1 heterocycles. The highest BCUT2D eigenvalue weighted by Gasteiger charge is 2.17. The number of nitrogens with zero attached hydrogens (tertiary/aromatic N) is 2. The van der Waals surface area contributed by atoms with Gasteiger partial charge in [-0.05, 0) is 31.6 Å². The SMILES string of the molecule is CC1CCC(NCCn2ccnc2C(C)C)CC1. The first kappa shape index (κ1) is 13.6. The molecule has 0 aromatic carbocycles. The average molecular weight is 249 g/mol. The lowest BCUT2D eigenvalue weighted by atomic mass is 9.87. The molecule has 1 aliphatic carbocycles. The van der Waals surface area contributed by atoms with Gasteiger partial charge in [0.2, 0.25) is 0 Å². The lowest BCUT2D eigenvalue weighted by Gasteiger charge is -2.27. The third kappa shape index (κ3) is 3.58. The van der Waals surface area contributed by atoms with E-state index in [2.05, 4.69) is 41.8 Å². The van der Waals surface area contributed by atoms with E-state index in [1.165, 1.54) is 31.5 Å². The Morgan fingerprint density at radius 3 is 2.72 bits per heavy atom. The Hall–Kier alpha value is -0.830. The van der Waals surface area contributed by atoms with E-state index in [0.717, 1.165) is 25.0 Å². The third-order valence-corrected chi connectivity index (χ3v) is 4.07. The molecule has 0 saturated heterocycles. The summed E-state index contributed by atoms with van der Waals surface area (Å²) >= 11 is 0. The van der Waals surface area contributed by atoms with Crippen LogP contribution in [0.1, 0.15) is 58.2 Å². The number of hydrogen-bond acceptors (Lipinski definition) is 2. The van der Waals surface area contributed by atoms with Gasteiger partial charge in [-0.25, -0.2) is 4.98 Å². The Balaban J connectivity index is 1.73. The van der Waals surface area contributed by atoms with Crippen LogP contribution in [0.3, 0.4) is 0 Å². The van der Waals surface area contributed by atoms with Gasteiger partial charge in [0.25, 0.3) is 0 Å².